The van der Waals surface area contributed by atoms with Crippen LogP contribution in [0, 0.1) is 20.8 Å². The molecule has 1 heterocycles. The number of nitrogens with two attached hydrogens (primary N) is 1. The number of nitrogens with one attached hydrogen (secondary N) is 1. The zero-order valence-corrected chi connectivity index (χ0v) is 11.6. The molecule has 1 aromatic carbocycles. The zero-order chi connectivity index (χ0) is 14.2. The van der Waals surface area contributed by atoms with Crippen LogP contribution in [0.4, 0.5) is 5.69 Å². The highest BCUT2D eigenvalue weighted by Crippen LogP contribution is 2.28. The Morgan fingerprint density at radius 3 is 2.42 bits per heavy atom. The van der Waals surface area contributed by atoms with Crippen LogP contribution in [-0.2, 0) is 0 Å². The molecule has 19 heavy (non-hydrogen) atoms. The van der Waals surface area contributed by atoms with Crippen LogP contribution >= 0.6 is 0 Å². The Morgan fingerprint density at radius 2 is 1.89 bits per heavy atom. The monoisotopic (exact) mass is 258 g/mol. The van der Waals surface area contributed by atoms with E-state index in [-0.39, 0.29) is 5.78 Å². The molecule has 0 spiro atoms. The van der Waals surface area contributed by atoms with Crippen molar-refractivity contribution in [3.63, 3.8) is 0 Å². The van der Waals surface area contributed by atoms with E-state index in [0.29, 0.717) is 22.7 Å². The van der Waals surface area contributed by atoms with Gasteiger partial charge in [0.15, 0.2) is 0 Å². The number of carbonyl (C=O) groups is 1. The van der Waals surface area contributed by atoms with Gasteiger partial charge in [-0.25, -0.2) is 0 Å². The summed E-state index contributed by atoms with van der Waals surface area (Å²) in [6.07, 6.45) is 0. The van der Waals surface area contributed by atoms with Gasteiger partial charge in [-0.1, -0.05) is 6.07 Å². The van der Waals surface area contributed by atoms with E-state index >= 15 is 0 Å². The highest BCUT2D eigenvalue weighted by Gasteiger charge is 2.22. The molecular formula is C15H18N2O2. The van der Waals surface area contributed by atoms with Gasteiger partial charge in [-0.05, 0) is 44.0 Å². The van der Waals surface area contributed by atoms with Gasteiger partial charge in [0.1, 0.15) is 5.75 Å². The number of carbonyl (C=O) groups excluding carboxylic acids is 1. The zero-order valence-electron chi connectivity index (χ0n) is 11.6. The van der Waals surface area contributed by atoms with Crippen LogP contribution in [-0.4, -0.2) is 17.9 Å². The van der Waals surface area contributed by atoms with Crippen molar-refractivity contribution in [1.82, 2.24) is 4.98 Å². The molecule has 100 valence electrons. The largest absolute Gasteiger partial charge is 0.496 e. The minimum Gasteiger partial charge on any atom is -0.496 e. The van der Waals surface area contributed by atoms with Crippen LogP contribution in [0.25, 0.3) is 0 Å². The van der Waals surface area contributed by atoms with E-state index in [0.717, 1.165) is 16.8 Å². The molecule has 0 fully saturated rings. The summed E-state index contributed by atoms with van der Waals surface area (Å²) >= 11 is 0. The molecule has 0 atom stereocenters. The summed E-state index contributed by atoms with van der Waals surface area (Å²) in [6.45, 7) is 5.87. The van der Waals surface area contributed by atoms with Crippen molar-refractivity contribution < 1.29 is 9.53 Å². The maximum Gasteiger partial charge on any atom is 0.215 e. The Bertz CT molecular complexity index is 642. The number of rotatable bonds is 3. The van der Waals surface area contributed by atoms with Crippen LogP contribution < -0.4 is 10.5 Å². The summed E-state index contributed by atoms with van der Waals surface area (Å²) in [4.78, 5) is 15.8. The van der Waals surface area contributed by atoms with Gasteiger partial charge in [0.25, 0.3) is 0 Å². The summed E-state index contributed by atoms with van der Waals surface area (Å²) < 4.78 is 5.23. The van der Waals surface area contributed by atoms with Crippen molar-refractivity contribution in [1.29, 1.82) is 0 Å². The average Bonchev–Trinajstić information content (AvgIpc) is 2.65. The van der Waals surface area contributed by atoms with Crippen molar-refractivity contribution in [3.8, 4) is 5.75 Å². The first-order valence-corrected chi connectivity index (χ1v) is 6.10. The first-order valence-electron chi connectivity index (χ1n) is 6.10. The van der Waals surface area contributed by atoms with Crippen molar-refractivity contribution in [2.24, 2.45) is 0 Å². The molecule has 3 N–H and O–H groups in total. The fraction of sp³-hybridized carbons (Fsp3) is 0.267. The van der Waals surface area contributed by atoms with Crippen molar-refractivity contribution in [2.45, 2.75) is 20.8 Å². The fourth-order valence-electron chi connectivity index (χ4n) is 2.16. The summed E-state index contributed by atoms with van der Waals surface area (Å²) in [5.41, 5.74) is 10.4. The number of methoxy groups -OCH3 is 1. The van der Waals surface area contributed by atoms with Crippen LogP contribution in [0.2, 0.25) is 0 Å². The maximum atomic E-state index is 12.6. The smallest absolute Gasteiger partial charge is 0.215 e. The molecular weight excluding hydrogens is 240 g/mol. The molecule has 2 aromatic rings. The number of aryl methyl sites for hydroxylation is 1. The van der Waals surface area contributed by atoms with E-state index in [9.17, 15) is 4.79 Å². The van der Waals surface area contributed by atoms with E-state index in [1.807, 2.05) is 20.8 Å². The van der Waals surface area contributed by atoms with E-state index < -0.39 is 0 Å². The SMILES string of the molecule is COc1cccc(N)c1C(=O)c1[nH]c(C)c(C)c1C. The Labute approximate surface area is 112 Å². The lowest BCUT2D eigenvalue weighted by Gasteiger charge is -2.10. The van der Waals surface area contributed by atoms with Crippen molar-refractivity contribution in [2.75, 3.05) is 12.8 Å². The van der Waals surface area contributed by atoms with Gasteiger partial charge in [-0.2, -0.15) is 0 Å². The molecule has 0 saturated carbocycles. The molecule has 1 aromatic heterocycles. The third-order valence-electron chi connectivity index (χ3n) is 3.54. The number of nitrogen functional groups attached to an aromatic ring is 1. The predicted molar refractivity (Wildman–Crippen MR) is 75.8 cm³/mol. The number of hydrogen-bond donors (Lipinski definition) is 2. The lowest BCUT2D eigenvalue weighted by molar-refractivity contribution is 0.103. The number of anilines is 1. The number of aromatic nitrogens is 1. The van der Waals surface area contributed by atoms with Crippen molar-refractivity contribution >= 4 is 11.5 Å². The maximum absolute atomic E-state index is 12.6. The number of ether oxygens (including phenoxy) is 1. The second-order valence-corrected chi connectivity index (χ2v) is 4.63. The fourth-order valence-corrected chi connectivity index (χ4v) is 2.16. The Hall–Kier alpha value is -2.23. The molecule has 0 aliphatic rings. The Morgan fingerprint density at radius 1 is 1.21 bits per heavy atom. The summed E-state index contributed by atoms with van der Waals surface area (Å²) in [5.74, 6) is 0.359. The van der Waals surface area contributed by atoms with Crippen LogP contribution in [0.3, 0.4) is 0 Å². The highest BCUT2D eigenvalue weighted by atomic mass is 16.5. The van der Waals surface area contributed by atoms with Crippen molar-refractivity contribution in [3.05, 3.63) is 46.3 Å². The summed E-state index contributed by atoms with van der Waals surface area (Å²) in [6, 6.07) is 5.21. The number of benzene rings is 1. The van der Waals surface area contributed by atoms with Gasteiger partial charge < -0.3 is 15.5 Å². The number of hydrogen-bond acceptors (Lipinski definition) is 3. The quantitative estimate of drug-likeness (QED) is 0.657. The molecule has 2 rings (SSSR count). The van der Waals surface area contributed by atoms with Gasteiger partial charge in [0.05, 0.1) is 18.4 Å². The minimum atomic E-state index is -0.136. The molecule has 0 aliphatic heterocycles. The standard InChI is InChI=1S/C15H18N2O2/c1-8-9(2)14(17-10(8)3)15(18)13-11(16)6-5-7-12(13)19-4/h5-7,17H,16H2,1-4H3. The van der Waals surface area contributed by atoms with E-state index in [1.165, 1.54) is 7.11 Å². The second-order valence-electron chi connectivity index (χ2n) is 4.63. The first-order chi connectivity index (χ1) is 8.97. The summed E-state index contributed by atoms with van der Waals surface area (Å²) in [5, 5.41) is 0. The number of ketones is 1. The van der Waals surface area contributed by atoms with Gasteiger partial charge in [0, 0.05) is 11.4 Å². The molecule has 0 unspecified atom stereocenters. The molecule has 0 bridgehead atoms. The number of H-pyrrole nitrogens is 1. The normalized spacial score (nSPS) is 10.5. The van der Waals surface area contributed by atoms with E-state index in [1.54, 1.807) is 18.2 Å². The van der Waals surface area contributed by atoms with Gasteiger partial charge >= 0.3 is 0 Å². The van der Waals surface area contributed by atoms with Crippen LogP contribution in [0.15, 0.2) is 18.2 Å². The summed E-state index contributed by atoms with van der Waals surface area (Å²) in [7, 11) is 1.53. The molecule has 0 radical (unpaired) electrons. The third-order valence-corrected chi connectivity index (χ3v) is 3.54. The predicted octanol–water partition coefficient (Wildman–Crippen LogP) is 2.76. The molecule has 4 heteroatoms. The lowest BCUT2D eigenvalue weighted by atomic mass is 10.0. The average molecular weight is 258 g/mol. The Kier molecular flexibility index (Phi) is 3.34. The topological polar surface area (TPSA) is 68.1 Å². The molecule has 0 aliphatic carbocycles. The van der Waals surface area contributed by atoms with E-state index in [2.05, 4.69) is 4.98 Å². The Balaban J connectivity index is 2.59. The van der Waals surface area contributed by atoms with Crippen LogP contribution in [0.5, 0.6) is 5.75 Å². The van der Waals surface area contributed by atoms with Gasteiger partial charge in [-0.3, -0.25) is 4.79 Å². The van der Waals surface area contributed by atoms with Gasteiger partial charge in [0.2, 0.25) is 5.78 Å². The molecule has 4 nitrogen and oxygen atoms in total. The second kappa shape index (κ2) is 4.80. The van der Waals surface area contributed by atoms with Gasteiger partial charge in [-0.15, -0.1) is 0 Å². The van der Waals surface area contributed by atoms with Crippen LogP contribution in [0.1, 0.15) is 32.9 Å². The minimum absolute atomic E-state index is 0.136. The lowest BCUT2D eigenvalue weighted by Crippen LogP contribution is -2.09. The van der Waals surface area contributed by atoms with E-state index in [4.69, 9.17) is 10.5 Å². The molecule has 0 saturated heterocycles. The first kappa shape index (κ1) is 13.2. The highest BCUT2D eigenvalue weighted by molar-refractivity contribution is 6.13. The number of aromatic amines is 1. The molecule has 0 amide bonds. The third kappa shape index (κ3) is 2.10.